The molecule has 2 aromatic rings. The molecule has 2 unspecified atom stereocenters. The molecule has 1 N–H and O–H groups in total. The van der Waals surface area contributed by atoms with Gasteiger partial charge in [-0.2, -0.15) is 4.98 Å². The van der Waals surface area contributed by atoms with E-state index in [1.165, 1.54) is 11.1 Å². The van der Waals surface area contributed by atoms with Gasteiger partial charge in [-0.25, -0.2) is 0 Å². The Bertz CT molecular complexity index is 1070. The predicted molar refractivity (Wildman–Crippen MR) is 142 cm³/mol. The van der Waals surface area contributed by atoms with Gasteiger partial charge >= 0.3 is 6.01 Å². The van der Waals surface area contributed by atoms with E-state index in [1.807, 2.05) is 4.90 Å². The number of hydrogen-bond acceptors (Lipinski definition) is 7. The van der Waals surface area contributed by atoms with Crippen LogP contribution in [0.3, 0.4) is 0 Å². The molecule has 0 spiro atoms. The molecule has 2 fully saturated rings. The second-order valence-electron chi connectivity index (χ2n) is 11.2. The van der Waals surface area contributed by atoms with E-state index >= 15 is 0 Å². The fourth-order valence-electron chi connectivity index (χ4n) is 5.62. The molecule has 1 amide bonds. The number of amides is 1. The van der Waals surface area contributed by atoms with Crippen molar-refractivity contribution in [3.05, 3.63) is 41.7 Å². The molecule has 1 aliphatic carbocycles. The zero-order chi connectivity index (χ0) is 25.8. The van der Waals surface area contributed by atoms with E-state index < -0.39 is 0 Å². The van der Waals surface area contributed by atoms with Gasteiger partial charge in [0.25, 0.3) is 0 Å². The van der Waals surface area contributed by atoms with Gasteiger partial charge in [0, 0.05) is 50.5 Å². The fraction of sp³-hybridized carbons (Fsp3) is 0.621. The van der Waals surface area contributed by atoms with Crippen molar-refractivity contribution in [2.45, 2.75) is 58.3 Å². The maximum atomic E-state index is 12.9. The fourth-order valence-corrected chi connectivity index (χ4v) is 5.62. The van der Waals surface area contributed by atoms with Crippen molar-refractivity contribution in [2.24, 2.45) is 17.8 Å². The lowest BCUT2D eigenvalue weighted by atomic mass is 9.86. The van der Waals surface area contributed by atoms with Crippen molar-refractivity contribution in [2.75, 3.05) is 44.3 Å². The quantitative estimate of drug-likeness (QED) is 0.561. The van der Waals surface area contributed by atoms with Crippen molar-refractivity contribution in [3.63, 3.8) is 0 Å². The molecule has 0 radical (unpaired) electrons. The van der Waals surface area contributed by atoms with Gasteiger partial charge in [-0.1, -0.05) is 37.2 Å². The summed E-state index contributed by atoms with van der Waals surface area (Å²) >= 11 is 0. The minimum absolute atomic E-state index is 0.0762. The van der Waals surface area contributed by atoms with Gasteiger partial charge in [-0.15, -0.1) is 0 Å². The number of benzene rings is 1. The number of carbonyl (C=O) groups excluding carboxylic acids is 1. The first-order valence-corrected chi connectivity index (χ1v) is 13.9. The Labute approximate surface area is 219 Å². The summed E-state index contributed by atoms with van der Waals surface area (Å²) in [5.41, 5.74) is 2.53. The molecule has 8 heteroatoms. The number of aliphatic hydroxyl groups is 1. The number of carbonyl (C=O) groups is 1. The van der Waals surface area contributed by atoms with Crippen molar-refractivity contribution >= 4 is 17.5 Å². The second kappa shape index (κ2) is 11.7. The first-order valence-electron chi connectivity index (χ1n) is 13.9. The van der Waals surface area contributed by atoms with E-state index in [4.69, 9.17) is 9.26 Å². The lowest BCUT2D eigenvalue weighted by Crippen LogP contribution is -2.35. The molecule has 37 heavy (non-hydrogen) atoms. The molecule has 2 aliphatic heterocycles. The molecule has 5 rings (SSSR count). The number of aromatic nitrogens is 2. The van der Waals surface area contributed by atoms with Crippen molar-refractivity contribution in [3.8, 4) is 5.75 Å². The van der Waals surface area contributed by atoms with E-state index in [-0.39, 0.29) is 30.3 Å². The smallest absolute Gasteiger partial charge is 0.324 e. The Morgan fingerprint density at radius 2 is 1.86 bits per heavy atom. The molecule has 3 heterocycles. The normalized spacial score (nSPS) is 23.0. The number of anilines is 1. The first-order chi connectivity index (χ1) is 18.0. The maximum absolute atomic E-state index is 12.9. The Balaban J connectivity index is 1.06. The summed E-state index contributed by atoms with van der Waals surface area (Å²) in [6.45, 7) is 8.34. The van der Waals surface area contributed by atoms with E-state index in [0.29, 0.717) is 25.1 Å². The largest absolute Gasteiger partial charge is 0.493 e. The number of piperidine rings is 1. The zero-order valence-corrected chi connectivity index (χ0v) is 22.1. The average Bonchev–Trinajstić information content (AvgIpc) is 3.63. The number of aliphatic hydroxyl groups excluding tert-OH is 1. The Kier molecular flexibility index (Phi) is 8.13. The number of ether oxygens (including phenoxy) is 1. The van der Waals surface area contributed by atoms with Gasteiger partial charge < -0.3 is 24.2 Å². The summed E-state index contributed by atoms with van der Waals surface area (Å²) in [6, 6.07) is 9.04. The number of likely N-dealkylation sites (tertiary alicyclic amines) is 1. The zero-order valence-electron chi connectivity index (χ0n) is 22.1. The number of nitrogens with zero attached hydrogens (tertiary/aromatic N) is 4. The molecule has 200 valence electrons. The van der Waals surface area contributed by atoms with E-state index in [0.717, 1.165) is 69.7 Å². The molecule has 0 bridgehead atoms. The Morgan fingerprint density at radius 3 is 2.49 bits per heavy atom. The maximum Gasteiger partial charge on any atom is 0.324 e. The highest BCUT2D eigenvalue weighted by Crippen LogP contribution is 2.33. The van der Waals surface area contributed by atoms with Crippen LogP contribution in [0.15, 0.2) is 34.9 Å². The van der Waals surface area contributed by atoms with Crippen LogP contribution in [-0.4, -0.2) is 65.4 Å². The molecular weight excluding hydrogens is 468 g/mol. The number of allylic oxidation sites excluding steroid dienone is 2. The first kappa shape index (κ1) is 25.8. The average molecular weight is 509 g/mol. The summed E-state index contributed by atoms with van der Waals surface area (Å²) in [7, 11) is 0. The standard InChI is InChI=1S/C29H40N4O4/c1-20(2)27-30-29(37-31-27)32-14-11-21(12-15-32)19-36-26-9-7-24(8-10-26)23-3-5-25(6-4-23)28(35)33-16-13-22(17-33)18-34/h3,7-10,20-22,25,34H,4-6,11-19H2,1-2H3. The van der Waals surface area contributed by atoms with Crippen LogP contribution in [0.4, 0.5) is 6.01 Å². The highest BCUT2D eigenvalue weighted by Gasteiger charge is 2.31. The summed E-state index contributed by atoms with van der Waals surface area (Å²) < 4.78 is 11.6. The summed E-state index contributed by atoms with van der Waals surface area (Å²) in [6.07, 6.45) is 7.86. The third-order valence-corrected chi connectivity index (χ3v) is 8.16. The Morgan fingerprint density at radius 1 is 1.11 bits per heavy atom. The van der Waals surface area contributed by atoms with Gasteiger partial charge in [0.15, 0.2) is 5.82 Å². The highest BCUT2D eigenvalue weighted by molar-refractivity contribution is 5.81. The van der Waals surface area contributed by atoms with Gasteiger partial charge in [0.1, 0.15) is 5.75 Å². The Hall–Kier alpha value is -2.87. The summed E-state index contributed by atoms with van der Waals surface area (Å²) in [5, 5.41) is 13.4. The monoisotopic (exact) mass is 508 g/mol. The third-order valence-electron chi connectivity index (χ3n) is 8.16. The van der Waals surface area contributed by atoms with Gasteiger partial charge in [0.05, 0.1) is 6.61 Å². The van der Waals surface area contributed by atoms with Crippen LogP contribution in [0.5, 0.6) is 5.75 Å². The van der Waals surface area contributed by atoms with Crippen LogP contribution in [-0.2, 0) is 4.79 Å². The highest BCUT2D eigenvalue weighted by atomic mass is 16.5. The number of hydrogen-bond donors (Lipinski definition) is 1. The summed E-state index contributed by atoms with van der Waals surface area (Å²) in [4.78, 5) is 21.5. The van der Waals surface area contributed by atoms with Crippen molar-refractivity contribution in [1.29, 1.82) is 0 Å². The molecule has 3 aliphatic rings. The second-order valence-corrected chi connectivity index (χ2v) is 11.2. The molecule has 1 aromatic carbocycles. The topological polar surface area (TPSA) is 91.9 Å². The lowest BCUT2D eigenvalue weighted by Gasteiger charge is -2.30. The SMILES string of the molecule is CC(C)c1noc(N2CCC(COc3ccc(C4=CCC(C(=O)N5CCC(CO)C5)CC4)cc3)CC2)n1. The van der Waals surface area contributed by atoms with E-state index in [9.17, 15) is 9.90 Å². The van der Waals surface area contributed by atoms with Crippen LogP contribution in [0.25, 0.3) is 5.57 Å². The minimum atomic E-state index is 0.0762. The van der Waals surface area contributed by atoms with Crippen LogP contribution in [0.1, 0.15) is 69.7 Å². The molecule has 1 aromatic heterocycles. The van der Waals surface area contributed by atoms with E-state index in [2.05, 4.69) is 59.2 Å². The lowest BCUT2D eigenvalue weighted by molar-refractivity contribution is -0.134. The molecular formula is C29H40N4O4. The van der Waals surface area contributed by atoms with E-state index in [1.54, 1.807) is 0 Å². The van der Waals surface area contributed by atoms with Gasteiger partial charge in [-0.3, -0.25) is 4.79 Å². The summed E-state index contributed by atoms with van der Waals surface area (Å²) in [5.74, 6) is 3.04. The van der Waals surface area contributed by atoms with Crippen LogP contribution < -0.4 is 9.64 Å². The van der Waals surface area contributed by atoms with Crippen molar-refractivity contribution in [1.82, 2.24) is 15.0 Å². The predicted octanol–water partition coefficient (Wildman–Crippen LogP) is 4.51. The minimum Gasteiger partial charge on any atom is -0.493 e. The molecule has 0 saturated carbocycles. The number of rotatable bonds is 8. The van der Waals surface area contributed by atoms with Crippen molar-refractivity contribution < 1.29 is 19.2 Å². The third kappa shape index (κ3) is 6.17. The van der Waals surface area contributed by atoms with Crippen LogP contribution >= 0.6 is 0 Å². The molecule has 8 nitrogen and oxygen atoms in total. The molecule has 2 saturated heterocycles. The van der Waals surface area contributed by atoms with Gasteiger partial charge in [-0.05, 0) is 67.7 Å². The van der Waals surface area contributed by atoms with Crippen LogP contribution in [0.2, 0.25) is 0 Å². The molecule has 2 atom stereocenters. The van der Waals surface area contributed by atoms with Crippen LogP contribution in [0, 0.1) is 17.8 Å². The van der Waals surface area contributed by atoms with Gasteiger partial charge in [0.2, 0.25) is 5.91 Å².